The Kier molecular flexibility index (Phi) is 4.55. The van der Waals surface area contributed by atoms with Crippen LogP contribution in [-0.4, -0.2) is 20.9 Å². The lowest BCUT2D eigenvalue weighted by molar-refractivity contribution is -0.120. The van der Waals surface area contributed by atoms with Crippen LogP contribution >= 0.6 is 0 Å². The van der Waals surface area contributed by atoms with Gasteiger partial charge in [-0.05, 0) is 55.4 Å². The zero-order valence-corrected chi connectivity index (χ0v) is 14.0. The summed E-state index contributed by atoms with van der Waals surface area (Å²) in [7, 11) is -3.46. The number of carbonyl (C=O) groups excluding carboxylic acids is 1. The summed E-state index contributed by atoms with van der Waals surface area (Å²) in [4.78, 5) is 12.6. The maximum absolute atomic E-state index is 12.4. The minimum Gasteiger partial charge on any atom is -0.326 e. The third kappa shape index (κ3) is 3.48. The van der Waals surface area contributed by atoms with Crippen molar-refractivity contribution >= 4 is 21.6 Å². The second-order valence-electron chi connectivity index (χ2n) is 6.30. The van der Waals surface area contributed by atoms with E-state index in [1.54, 1.807) is 12.1 Å². The molecular formula is C17H22N2O3S. The molecule has 2 N–H and O–H groups in total. The number of sulfonamides is 1. The molecular weight excluding hydrogens is 312 g/mol. The zero-order valence-electron chi connectivity index (χ0n) is 13.2. The van der Waals surface area contributed by atoms with Crippen LogP contribution in [0.3, 0.4) is 0 Å². The minimum absolute atomic E-state index is 0.0292. The summed E-state index contributed by atoms with van der Waals surface area (Å²) in [5, 5.41) is 2.90. The Labute approximate surface area is 137 Å². The van der Waals surface area contributed by atoms with Gasteiger partial charge in [-0.1, -0.05) is 19.1 Å². The van der Waals surface area contributed by atoms with Gasteiger partial charge in [-0.25, -0.2) is 13.1 Å². The molecule has 0 aromatic heterocycles. The van der Waals surface area contributed by atoms with Crippen molar-refractivity contribution in [1.82, 2.24) is 4.72 Å². The summed E-state index contributed by atoms with van der Waals surface area (Å²) < 4.78 is 26.6. The summed E-state index contributed by atoms with van der Waals surface area (Å²) in [6.45, 7) is 2.32. The molecule has 124 valence electrons. The monoisotopic (exact) mass is 334 g/mol. The topological polar surface area (TPSA) is 75.3 Å². The first-order valence-electron chi connectivity index (χ1n) is 8.08. The minimum atomic E-state index is -3.46. The van der Waals surface area contributed by atoms with Gasteiger partial charge in [0, 0.05) is 18.2 Å². The molecule has 2 bridgehead atoms. The molecule has 1 amide bonds. The van der Waals surface area contributed by atoms with Gasteiger partial charge in [-0.3, -0.25) is 4.79 Å². The highest BCUT2D eigenvalue weighted by molar-refractivity contribution is 7.89. The largest absolute Gasteiger partial charge is 0.326 e. The standard InChI is InChI=1S/C17H22N2O3S/c1-2-9-18-23(21,22)15-7-5-14(6-8-15)19-17(20)16-11-12-3-4-13(16)10-12/h3-8,12-13,16,18H,2,9-11H2,1H3,(H,19,20)/t12-,13+,16-/m1/s1. The SMILES string of the molecule is CCCNS(=O)(=O)c1ccc(NC(=O)[C@@H]2C[C@@H]3C=C[C@H]2C3)cc1. The van der Waals surface area contributed by atoms with E-state index in [4.69, 9.17) is 0 Å². The Balaban J connectivity index is 1.64. The maximum Gasteiger partial charge on any atom is 0.240 e. The average Bonchev–Trinajstić information content (AvgIpc) is 3.16. The van der Waals surface area contributed by atoms with E-state index in [9.17, 15) is 13.2 Å². The Morgan fingerprint density at radius 3 is 2.48 bits per heavy atom. The lowest BCUT2D eigenvalue weighted by Gasteiger charge is -2.17. The third-order valence-electron chi connectivity index (χ3n) is 4.59. The number of hydrogen-bond acceptors (Lipinski definition) is 3. The third-order valence-corrected chi connectivity index (χ3v) is 6.07. The molecule has 0 heterocycles. The van der Waals surface area contributed by atoms with Crippen LogP contribution in [-0.2, 0) is 14.8 Å². The summed E-state index contributed by atoms with van der Waals surface area (Å²) in [6, 6.07) is 6.32. The Bertz CT molecular complexity index is 710. The van der Waals surface area contributed by atoms with E-state index in [0.717, 1.165) is 19.3 Å². The highest BCUT2D eigenvalue weighted by Gasteiger charge is 2.39. The van der Waals surface area contributed by atoms with Crippen molar-refractivity contribution in [3.63, 3.8) is 0 Å². The molecule has 0 radical (unpaired) electrons. The number of nitrogens with one attached hydrogen (secondary N) is 2. The normalized spacial score (nSPS) is 25.7. The summed E-state index contributed by atoms with van der Waals surface area (Å²) in [6.07, 6.45) is 7.09. The van der Waals surface area contributed by atoms with Gasteiger partial charge in [0.15, 0.2) is 0 Å². The molecule has 1 aromatic rings. The Morgan fingerprint density at radius 2 is 1.91 bits per heavy atom. The van der Waals surface area contributed by atoms with Crippen LogP contribution < -0.4 is 10.0 Å². The van der Waals surface area contributed by atoms with Crippen molar-refractivity contribution in [1.29, 1.82) is 0 Å². The predicted octanol–water partition coefficient (Wildman–Crippen LogP) is 2.53. The summed E-state index contributed by atoms with van der Waals surface area (Å²) >= 11 is 0. The number of benzene rings is 1. The van der Waals surface area contributed by atoms with E-state index < -0.39 is 10.0 Å². The van der Waals surface area contributed by atoms with Gasteiger partial charge < -0.3 is 5.32 Å². The molecule has 23 heavy (non-hydrogen) atoms. The van der Waals surface area contributed by atoms with Crippen LogP contribution in [0.4, 0.5) is 5.69 Å². The second kappa shape index (κ2) is 6.45. The van der Waals surface area contributed by atoms with Crippen LogP contribution in [0.25, 0.3) is 0 Å². The van der Waals surface area contributed by atoms with Crippen LogP contribution in [0.1, 0.15) is 26.2 Å². The van der Waals surface area contributed by atoms with Gasteiger partial charge in [0.25, 0.3) is 0 Å². The zero-order chi connectivity index (χ0) is 16.4. The van der Waals surface area contributed by atoms with Crippen LogP contribution in [0.5, 0.6) is 0 Å². The molecule has 0 spiro atoms. The number of rotatable bonds is 6. The van der Waals surface area contributed by atoms with E-state index >= 15 is 0 Å². The van der Waals surface area contributed by atoms with E-state index in [0.29, 0.717) is 24.1 Å². The lowest BCUT2D eigenvalue weighted by Crippen LogP contribution is -2.26. The van der Waals surface area contributed by atoms with Crippen LogP contribution in [0.15, 0.2) is 41.3 Å². The fourth-order valence-electron chi connectivity index (χ4n) is 3.35. The molecule has 2 aliphatic carbocycles. The van der Waals surface area contributed by atoms with Gasteiger partial charge in [0.05, 0.1) is 4.90 Å². The molecule has 2 aliphatic rings. The van der Waals surface area contributed by atoms with E-state index in [1.165, 1.54) is 12.1 Å². The van der Waals surface area contributed by atoms with Crippen LogP contribution in [0, 0.1) is 17.8 Å². The van der Waals surface area contributed by atoms with Crippen LogP contribution in [0.2, 0.25) is 0 Å². The van der Waals surface area contributed by atoms with Crippen molar-refractivity contribution in [3.8, 4) is 0 Å². The highest BCUT2D eigenvalue weighted by atomic mass is 32.2. The van der Waals surface area contributed by atoms with E-state index in [1.807, 2.05) is 6.92 Å². The second-order valence-corrected chi connectivity index (χ2v) is 8.07. The number of fused-ring (bicyclic) bond motifs is 2. The first-order chi connectivity index (χ1) is 11.0. The average molecular weight is 334 g/mol. The van der Waals surface area contributed by atoms with Gasteiger partial charge in [-0.15, -0.1) is 0 Å². The molecule has 0 saturated heterocycles. The number of amides is 1. The first-order valence-corrected chi connectivity index (χ1v) is 9.57. The van der Waals surface area contributed by atoms with Gasteiger partial charge >= 0.3 is 0 Å². The fourth-order valence-corrected chi connectivity index (χ4v) is 4.49. The molecule has 1 aromatic carbocycles. The lowest BCUT2D eigenvalue weighted by atomic mass is 9.93. The van der Waals surface area contributed by atoms with Crippen molar-refractivity contribution in [2.45, 2.75) is 31.1 Å². The first kappa shape index (κ1) is 16.2. The fraction of sp³-hybridized carbons (Fsp3) is 0.471. The van der Waals surface area contributed by atoms with Crippen molar-refractivity contribution in [2.24, 2.45) is 17.8 Å². The maximum atomic E-state index is 12.4. The molecule has 5 nitrogen and oxygen atoms in total. The van der Waals surface area contributed by atoms with Crippen molar-refractivity contribution in [3.05, 3.63) is 36.4 Å². The van der Waals surface area contributed by atoms with Gasteiger partial charge in [0.1, 0.15) is 0 Å². The summed E-state index contributed by atoms with van der Waals surface area (Å²) in [5.41, 5.74) is 0.635. The number of anilines is 1. The number of carbonyl (C=O) groups is 1. The number of allylic oxidation sites excluding steroid dienone is 2. The molecule has 6 heteroatoms. The molecule has 1 saturated carbocycles. The Hall–Kier alpha value is -1.66. The smallest absolute Gasteiger partial charge is 0.240 e. The van der Waals surface area contributed by atoms with Crippen molar-refractivity contribution in [2.75, 3.05) is 11.9 Å². The molecule has 1 fully saturated rings. The van der Waals surface area contributed by atoms with Crippen molar-refractivity contribution < 1.29 is 13.2 Å². The Morgan fingerprint density at radius 1 is 1.17 bits per heavy atom. The number of hydrogen-bond donors (Lipinski definition) is 2. The van der Waals surface area contributed by atoms with Gasteiger partial charge in [0.2, 0.25) is 15.9 Å². The molecule has 0 unspecified atom stereocenters. The molecule has 3 rings (SSSR count). The highest BCUT2D eigenvalue weighted by Crippen LogP contribution is 2.43. The summed E-state index contributed by atoms with van der Waals surface area (Å²) in [5.74, 6) is 0.979. The molecule has 0 aliphatic heterocycles. The van der Waals surface area contributed by atoms with E-state index in [-0.39, 0.29) is 16.7 Å². The van der Waals surface area contributed by atoms with E-state index in [2.05, 4.69) is 22.2 Å². The van der Waals surface area contributed by atoms with Gasteiger partial charge in [-0.2, -0.15) is 0 Å². The predicted molar refractivity (Wildman–Crippen MR) is 89.4 cm³/mol. The quantitative estimate of drug-likeness (QED) is 0.785. The molecule has 3 atom stereocenters.